The molecule has 6 heteroatoms. The first-order chi connectivity index (χ1) is 11.9. The van der Waals surface area contributed by atoms with Crippen molar-refractivity contribution in [3.63, 3.8) is 0 Å². The van der Waals surface area contributed by atoms with E-state index < -0.39 is 0 Å². The van der Waals surface area contributed by atoms with Crippen molar-refractivity contribution in [2.45, 2.75) is 13.8 Å². The number of anilines is 1. The Kier molecular flexibility index (Phi) is 6.25. The molecule has 0 aliphatic rings. The van der Waals surface area contributed by atoms with Gasteiger partial charge in [-0.1, -0.05) is 12.1 Å². The number of carbonyl (C=O) groups is 2. The van der Waals surface area contributed by atoms with Crippen LogP contribution in [0, 0.1) is 13.8 Å². The van der Waals surface area contributed by atoms with Crippen LogP contribution in [0.4, 0.5) is 5.69 Å². The third-order valence-corrected chi connectivity index (χ3v) is 3.74. The second-order valence-corrected chi connectivity index (χ2v) is 6.26. The van der Waals surface area contributed by atoms with Gasteiger partial charge in [-0.05, 0) is 57.3 Å². The number of benzene rings is 1. The number of aromatic nitrogens is 1. The highest BCUT2D eigenvalue weighted by atomic mass is 16.2. The van der Waals surface area contributed by atoms with E-state index in [2.05, 4.69) is 15.6 Å². The topological polar surface area (TPSA) is 74.3 Å². The molecular formula is C19H24N4O2. The van der Waals surface area contributed by atoms with Crippen molar-refractivity contribution in [1.29, 1.82) is 0 Å². The van der Waals surface area contributed by atoms with Crippen molar-refractivity contribution in [1.82, 2.24) is 15.2 Å². The molecule has 2 N–H and O–H groups in total. The van der Waals surface area contributed by atoms with Crippen LogP contribution in [-0.2, 0) is 0 Å². The number of pyridine rings is 1. The minimum atomic E-state index is -0.336. The van der Waals surface area contributed by atoms with Gasteiger partial charge in [0.25, 0.3) is 11.8 Å². The highest BCUT2D eigenvalue weighted by Gasteiger charge is 2.13. The summed E-state index contributed by atoms with van der Waals surface area (Å²) < 4.78 is 0. The van der Waals surface area contributed by atoms with Crippen LogP contribution in [0.3, 0.4) is 0 Å². The fourth-order valence-electron chi connectivity index (χ4n) is 2.25. The van der Waals surface area contributed by atoms with E-state index in [1.165, 1.54) is 12.3 Å². The lowest BCUT2D eigenvalue weighted by Crippen LogP contribution is -2.31. The molecule has 0 aliphatic carbocycles. The number of carbonyl (C=O) groups excluding carboxylic acids is 2. The Morgan fingerprint density at radius 3 is 2.56 bits per heavy atom. The Morgan fingerprint density at radius 1 is 1.08 bits per heavy atom. The number of rotatable bonds is 6. The molecule has 0 atom stereocenters. The summed E-state index contributed by atoms with van der Waals surface area (Å²) in [6.07, 6.45) is 1.47. The van der Waals surface area contributed by atoms with Gasteiger partial charge < -0.3 is 15.5 Å². The monoisotopic (exact) mass is 340 g/mol. The molecule has 0 bridgehead atoms. The fourth-order valence-corrected chi connectivity index (χ4v) is 2.25. The number of nitrogens with zero attached hydrogens (tertiary/aromatic N) is 2. The maximum atomic E-state index is 12.4. The summed E-state index contributed by atoms with van der Waals surface area (Å²) in [4.78, 5) is 30.7. The Hall–Kier alpha value is -2.73. The van der Waals surface area contributed by atoms with E-state index in [0.717, 1.165) is 23.4 Å². The van der Waals surface area contributed by atoms with Crippen LogP contribution in [0.5, 0.6) is 0 Å². The number of amides is 2. The van der Waals surface area contributed by atoms with Gasteiger partial charge in [0.15, 0.2) is 0 Å². The molecule has 2 aromatic rings. The van der Waals surface area contributed by atoms with Crippen LogP contribution in [0.1, 0.15) is 32.0 Å². The van der Waals surface area contributed by atoms with Gasteiger partial charge in [-0.2, -0.15) is 0 Å². The van der Waals surface area contributed by atoms with Gasteiger partial charge in [0.05, 0.1) is 0 Å². The summed E-state index contributed by atoms with van der Waals surface area (Å²) >= 11 is 0. The zero-order chi connectivity index (χ0) is 18.4. The average Bonchev–Trinajstić information content (AvgIpc) is 2.57. The van der Waals surface area contributed by atoms with Gasteiger partial charge >= 0.3 is 0 Å². The first kappa shape index (κ1) is 18.6. The number of likely N-dealkylation sites (N-methyl/N-ethyl adjacent to an activating group) is 1. The lowest BCUT2D eigenvalue weighted by molar-refractivity contribution is 0.0951. The molecule has 132 valence electrons. The molecule has 0 spiro atoms. The van der Waals surface area contributed by atoms with Gasteiger partial charge in [-0.25, -0.2) is 0 Å². The predicted molar refractivity (Wildman–Crippen MR) is 99.0 cm³/mol. The second kappa shape index (κ2) is 8.39. The van der Waals surface area contributed by atoms with Crippen LogP contribution < -0.4 is 10.6 Å². The molecule has 0 fully saturated rings. The van der Waals surface area contributed by atoms with Crippen molar-refractivity contribution in [2.75, 3.05) is 32.5 Å². The first-order valence-electron chi connectivity index (χ1n) is 8.14. The molecule has 1 heterocycles. The average molecular weight is 340 g/mol. The van der Waals surface area contributed by atoms with E-state index in [1.54, 1.807) is 6.07 Å². The SMILES string of the molecule is Cc1ccc(C)c(NC(=O)c2cc(C(=O)NCCN(C)C)ccn2)c1. The summed E-state index contributed by atoms with van der Waals surface area (Å²) in [7, 11) is 3.88. The number of hydrogen-bond acceptors (Lipinski definition) is 4. The maximum Gasteiger partial charge on any atom is 0.274 e. The maximum absolute atomic E-state index is 12.4. The third kappa shape index (κ3) is 5.39. The molecular weight excluding hydrogens is 316 g/mol. The van der Waals surface area contributed by atoms with E-state index in [4.69, 9.17) is 0 Å². The minimum Gasteiger partial charge on any atom is -0.351 e. The van der Waals surface area contributed by atoms with Crippen molar-refractivity contribution in [2.24, 2.45) is 0 Å². The zero-order valence-electron chi connectivity index (χ0n) is 15.1. The van der Waals surface area contributed by atoms with E-state index in [0.29, 0.717) is 12.1 Å². The van der Waals surface area contributed by atoms with Crippen LogP contribution >= 0.6 is 0 Å². The number of nitrogens with one attached hydrogen (secondary N) is 2. The second-order valence-electron chi connectivity index (χ2n) is 6.26. The van der Waals surface area contributed by atoms with Gasteiger partial charge in [0.2, 0.25) is 0 Å². The molecule has 0 unspecified atom stereocenters. The van der Waals surface area contributed by atoms with Gasteiger partial charge in [-0.15, -0.1) is 0 Å². The molecule has 0 saturated heterocycles. The molecule has 2 amide bonds. The lowest BCUT2D eigenvalue weighted by Gasteiger charge is -2.11. The van der Waals surface area contributed by atoms with Gasteiger partial charge in [0.1, 0.15) is 5.69 Å². The van der Waals surface area contributed by atoms with Crippen LogP contribution in [0.25, 0.3) is 0 Å². The Morgan fingerprint density at radius 2 is 1.84 bits per heavy atom. The summed E-state index contributed by atoms with van der Waals surface area (Å²) in [5, 5.41) is 5.67. The highest BCUT2D eigenvalue weighted by Crippen LogP contribution is 2.17. The molecule has 2 rings (SSSR count). The molecule has 0 saturated carbocycles. The number of aryl methyl sites for hydroxylation is 2. The van der Waals surface area contributed by atoms with Crippen molar-refractivity contribution < 1.29 is 9.59 Å². The highest BCUT2D eigenvalue weighted by molar-refractivity contribution is 6.05. The summed E-state index contributed by atoms with van der Waals surface area (Å²) in [6, 6.07) is 8.95. The molecule has 0 radical (unpaired) electrons. The first-order valence-corrected chi connectivity index (χ1v) is 8.14. The summed E-state index contributed by atoms with van der Waals surface area (Å²) in [5.74, 6) is -0.554. The van der Waals surface area contributed by atoms with Crippen LogP contribution in [0.2, 0.25) is 0 Å². The standard InChI is InChI=1S/C19H24N4O2/c1-13-5-6-14(2)16(11-13)22-19(25)17-12-15(7-8-20-17)18(24)21-9-10-23(3)4/h5-8,11-12H,9-10H2,1-4H3,(H,21,24)(H,22,25). The minimum absolute atomic E-state index is 0.209. The van der Waals surface area contributed by atoms with Gasteiger partial charge in [0, 0.05) is 30.5 Å². The Bertz CT molecular complexity index is 772. The molecule has 1 aromatic carbocycles. The van der Waals surface area contributed by atoms with E-state index in [9.17, 15) is 9.59 Å². The van der Waals surface area contributed by atoms with E-state index in [1.807, 2.05) is 51.0 Å². The fraction of sp³-hybridized carbons (Fsp3) is 0.316. The summed E-state index contributed by atoms with van der Waals surface area (Å²) in [5.41, 5.74) is 3.40. The quantitative estimate of drug-likeness (QED) is 0.846. The zero-order valence-corrected chi connectivity index (χ0v) is 15.1. The lowest BCUT2D eigenvalue weighted by atomic mass is 10.1. The van der Waals surface area contributed by atoms with Crippen molar-refractivity contribution in [3.05, 3.63) is 58.9 Å². The van der Waals surface area contributed by atoms with E-state index >= 15 is 0 Å². The van der Waals surface area contributed by atoms with Crippen molar-refractivity contribution >= 4 is 17.5 Å². The number of hydrogen-bond donors (Lipinski definition) is 2. The Labute approximate surface area is 148 Å². The normalized spacial score (nSPS) is 10.6. The van der Waals surface area contributed by atoms with E-state index in [-0.39, 0.29) is 17.5 Å². The molecule has 25 heavy (non-hydrogen) atoms. The Balaban J connectivity index is 2.08. The molecule has 1 aromatic heterocycles. The molecule has 0 aliphatic heterocycles. The molecule has 6 nitrogen and oxygen atoms in total. The third-order valence-electron chi connectivity index (χ3n) is 3.74. The van der Waals surface area contributed by atoms with Gasteiger partial charge in [-0.3, -0.25) is 14.6 Å². The summed E-state index contributed by atoms with van der Waals surface area (Å²) in [6.45, 7) is 5.18. The van der Waals surface area contributed by atoms with Crippen molar-refractivity contribution in [3.8, 4) is 0 Å². The van der Waals surface area contributed by atoms with Crippen LogP contribution in [-0.4, -0.2) is 48.9 Å². The smallest absolute Gasteiger partial charge is 0.274 e. The largest absolute Gasteiger partial charge is 0.351 e. The predicted octanol–water partition coefficient (Wildman–Crippen LogP) is 2.24. The van der Waals surface area contributed by atoms with Crippen LogP contribution in [0.15, 0.2) is 36.5 Å².